The van der Waals surface area contributed by atoms with Crippen LogP contribution in [-0.4, -0.2) is 21.1 Å². The number of fused-ring (bicyclic) bond motifs is 1. The number of amides is 1. The lowest BCUT2D eigenvalue weighted by Crippen LogP contribution is -2.11. The second-order valence-electron chi connectivity index (χ2n) is 4.83. The van der Waals surface area contributed by atoms with Crippen molar-refractivity contribution in [3.05, 3.63) is 41.0 Å². The van der Waals surface area contributed by atoms with E-state index in [0.717, 1.165) is 35.2 Å². The molecule has 0 bridgehead atoms. The third-order valence-corrected chi connectivity index (χ3v) is 4.10. The first-order valence-electron chi connectivity index (χ1n) is 6.97. The summed E-state index contributed by atoms with van der Waals surface area (Å²) in [7, 11) is 0. The van der Waals surface area contributed by atoms with Crippen molar-refractivity contribution in [1.29, 1.82) is 0 Å². The van der Waals surface area contributed by atoms with Crippen LogP contribution in [0.15, 0.2) is 30.3 Å². The Morgan fingerprint density at radius 2 is 2.19 bits per heavy atom. The van der Waals surface area contributed by atoms with Gasteiger partial charge in [-0.1, -0.05) is 42.9 Å². The number of aryl methyl sites for hydroxylation is 1. The lowest BCUT2D eigenvalue weighted by atomic mass is 10.2. The largest absolute Gasteiger partial charge is 0.351 e. The highest BCUT2D eigenvalue weighted by molar-refractivity contribution is 7.15. The summed E-state index contributed by atoms with van der Waals surface area (Å²) >= 11 is 1.43. The number of nitrogens with one attached hydrogen (secondary N) is 2. The molecule has 5 nitrogen and oxygen atoms in total. The quantitative estimate of drug-likeness (QED) is 0.756. The van der Waals surface area contributed by atoms with Crippen LogP contribution in [-0.2, 0) is 6.42 Å². The standard InChI is InChI=1S/C15H16N4OS/c1-2-3-8-13-18-19-15(21-13)17-14(20)12-9-10-6-4-5-7-11(10)16-12/h4-7,9,16H,2-3,8H2,1H3,(H,17,19,20). The first kappa shape index (κ1) is 13.8. The normalized spacial score (nSPS) is 10.9. The van der Waals surface area contributed by atoms with E-state index in [1.807, 2.05) is 30.3 Å². The Balaban J connectivity index is 1.72. The molecule has 0 atom stereocenters. The van der Waals surface area contributed by atoms with Crippen molar-refractivity contribution in [2.24, 2.45) is 0 Å². The van der Waals surface area contributed by atoms with E-state index in [9.17, 15) is 4.79 Å². The van der Waals surface area contributed by atoms with Gasteiger partial charge >= 0.3 is 0 Å². The number of unbranched alkanes of at least 4 members (excludes halogenated alkanes) is 1. The smallest absolute Gasteiger partial charge is 0.273 e. The number of aromatic amines is 1. The summed E-state index contributed by atoms with van der Waals surface area (Å²) in [5, 5.41) is 13.4. The molecule has 0 radical (unpaired) electrons. The van der Waals surface area contributed by atoms with Gasteiger partial charge in [0.25, 0.3) is 5.91 Å². The fourth-order valence-electron chi connectivity index (χ4n) is 2.09. The number of para-hydroxylation sites is 1. The Bertz CT molecular complexity index is 729. The minimum atomic E-state index is -0.190. The number of hydrogen-bond acceptors (Lipinski definition) is 4. The average molecular weight is 300 g/mol. The van der Waals surface area contributed by atoms with Crippen LogP contribution in [0, 0.1) is 0 Å². The number of anilines is 1. The second-order valence-corrected chi connectivity index (χ2v) is 5.89. The van der Waals surface area contributed by atoms with Crippen LogP contribution in [0.25, 0.3) is 10.9 Å². The van der Waals surface area contributed by atoms with Gasteiger partial charge in [0.05, 0.1) is 0 Å². The first-order chi connectivity index (χ1) is 10.3. The van der Waals surface area contributed by atoms with Gasteiger partial charge in [0.1, 0.15) is 10.7 Å². The maximum absolute atomic E-state index is 12.2. The Morgan fingerprint density at radius 1 is 1.33 bits per heavy atom. The van der Waals surface area contributed by atoms with E-state index in [-0.39, 0.29) is 5.91 Å². The van der Waals surface area contributed by atoms with Crippen molar-refractivity contribution in [2.45, 2.75) is 26.2 Å². The van der Waals surface area contributed by atoms with Gasteiger partial charge in [-0.3, -0.25) is 10.1 Å². The molecule has 21 heavy (non-hydrogen) atoms. The molecule has 0 fully saturated rings. The third kappa shape index (κ3) is 3.11. The van der Waals surface area contributed by atoms with Crippen LogP contribution in [0.1, 0.15) is 35.3 Å². The molecule has 0 aliphatic carbocycles. The SMILES string of the molecule is CCCCc1nnc(NC(=O)c2cc3ccccc3[nH]2)s1. The van der Waals surface area contributed by atoms with Crippen molar-refractivity contribution in [3.63, 3.8) is 0 Å². The average Bonchev–Trinajstić information content (AvgIpc) is 3.11. The van der Waals surface area contributed by atoms with E-state index >= 15 is 0 Å². The summed E-state index contributed by atoms with van der Waals surface area (Å²) in [4.78, 5) is 15.3. The topological polar surface area (TPSA) is 70.7 Å². The molecule has 2 heterocycles. The van der Waals surface area contributed by atoms with E-state index in [1.54, 1.807) is 0 Å². The van der Waals surface area contributed by atoms with E-state index in [0.29, 0.717) is 10.8 Å². The number of nitrogens with zero attached hydrogens (tertiary/aromatic N) is 2. The van der Waals surface area contributed by atoms with Gasteiger partial charge in [-0.15, -0.1) is 10.2 Å². The monoisotopic (exact) mass is 300 g/mol. The first-order valence-corrected chi connectivity index (χ1v) is 7.79. The van der Waals surface area contributed by atoms with Crippen LogP contribution in [0.3, 0.4) is 0 Å². The van der Waals surface area contributed by atoms with Gasteiger partial charge in [0.2, 0.25) is 5.13 Å². The molecule has 1 amide bonds. The fraction of sp³-hybridized carbons (Fsp3) is 0.267. The number of H-pyrrole nitrogens is 1. The van der Waals surface area contributed by atoms with E-state index in [4.69, 9.17) is 0 Å². The summed E-state index contributed by atoms with van der Waals surface area (Å²) in [6.45, 7) is 2.14. The predicted molar refractivity (Wildman–Crippen MR) is 84.8 cm³/mol. The predicted octanol–water partition coefficient (Wildman–Crippen LogP) is 3.61. The van der Waals surface area contributed by atoms with Gasteiger partial charge in [-0.05, 0) is 18.6 Å². The molecule has 0 aliphatic heterocycles. The zero-order valence-corrected chi connectivity index (χ0v) is 12.5. The van der Waals surface area contributed by atoms with E-state index in [1.165, 1.54) is 11.3 Å². The molecule has 0 spiro atoms. The van der Waals surface area contributed by atoms with Gasteiger partial charge in [-0.25, -0.2) is 0 Å². The van der Waals surface area contributed by atoms with Crippen LogP contribution < -0.4 is 5.32 Å². The zero-order chi connectivity index (χ0) is 14.7. The summed E-state index contributed by atoms with van der Waals surface area (Å²) in [6, 6.07) is 9.63. The number of hydrogen-bond donors (Lipinski definition) is 2. The lowest BCUT2D eigenvalue weighted by Gasteiger charge is -1.97. The number of rotatable bonds is 5. The minimum absolute atomic E-state index is 0.190. The van der Waals surface area contributed by atoms with Gasteiger partial charge < -0.3 is 4.98 Å². The Labute approximate surface area is 126 Å². The van der Waals surface area contributed by atoms with E-state index in [2.05, 4.69) is 27.4 Å². The minimum Gasteiger partial charge on any atom is -0.351 e. The maximum atomic E-state index is 12.2. The molecule has 0 saturated carbocycles. The molecule has 2 N–H and O–H groups in total. The highest BCUT2D eigenvalue weighted by atomic mass is 32.1. The van der Waals surface area contributed by atoms with Crippen LogP contribution in [0.2, 0.25) is 0 Å². The maximum Gasteiger partial charge on any atom is 0.273 e. The number of carbonyl (C=O) groups is 1. The molecule has 0 unspecified atom stereocenters. The molecule has 0 saturated heterocycles. The Hall–Kier alpha value is -2.21. The van der Waals surface area contributed by atoms with Gasteiger partial charge in [0.15, 0.2) is 0 Å². The highest BCUT2D eigenvalue weighted by Crippen LogP contribution is 2.19. The number of carbonyl (C=O) groups excluding carboxylic acids is 1. The third-order valence-electron chi connectivity index (χ3n) is 3.21. The zero-order valence-electron chi connectivity index (χ0n) is 11.7. The molecule has 0 aliphatic rings. The van der Waals surface area contributed by atoms with Gasteiger partial charge in [-0.2, -0.15) is 0 Å². The molecular formula is C15H16N4OS. The molecule has 108 valence electrons. The summed E-state index contributed by atoms with van der Waals surface area (Å²) in [6.07, 6.45) is 3.12. The Kier molecular flexibility index (Phi) is 3.96. The van der Waals surface area contributed by atoms with Gasteiger partial charge in [0, 0.05) is 17.3 Å². The van der Waals surface area contributed by atoms with E-state index < -0.39 is 0 Å². The van der Waals surface area contributed by atoms with Crippen LogP contribution >= 0.6 is 11.3 Å². The molecule has 6 heteroatoms. The van der Waals surface area contributed by atoms with Crippen molar-refractivity contribution >= 4 is 33.3 Å². The van der Waals surface area contributed by atoms with Crippen molar-refractivity contribution in [1.82, 2.24) is 15.2 Å². The summed E-state index contributed by atoms with van der Waals surface area (Å²) in [5.41, 5.74) is 1.48. The van der Waals surface area contributed by atoms with Crippen LogP contribution in [0.4, 0.5) is 5.13 Å². The van der Waals surface area contributed by atoms with Crippen molar-refractivity contribution < 1.29 is 4.79 Å². The molecule has 3 aromatic rings. The molecular weight excluding hydrogens is 284 g/mol. The lowest BCUT2D eigenvalue weighted by molar-refractivity contribution is 0.102. The van der Waals surface area contributed by atoms with Crippen molar-refractivity contribution in [3.8, 4) is 0 Å². The highest BCUT2D eigenvalue weighted by Gasteiger charge is 2.12. The Morgan fingerprint density at radius 3 is 3.00 bits per heavy atom. The van der Waals surface area contributed by atoms with Crippen LogP contribution in [0.5, 0.6) is 0 Å². The molecule has 2 aromatic heterocycles. The van der Waals surface area contributed by atoms with Crippen molar-refractivity contribution in [2.75, 3.05) is 5.32 Å². The second kappa shape index (κ2) is 6.05. The number of benzene rings is 1. The summed E-state index contributed by atoms with van der Waals surface area (Å²) < 4.78 is 0. The number of aromatic nitrogens is 3. The molecule has 3 rings (SSSR count). The fourth-order valence-corrected chi connectivity index (χ4v) is 2.87. The summed E-state index contributed by atoms with van der Waals surface area (Å²) in [5.74, 6) is -0.190. The molecule has 1 aromatic carbocycles.